The Morgan fingerprint density at radius 3 is 2.83 bits per heavy atom. The molecule has 0 aliphatic heterocycles. The van der Waals surface area contributed by atoms with Crippen LogP contribution in [0.3, 0.4) is 0 Å². The van der Waals surface area contributed by atoms with Crippen molar-refractivity contribution in [2.45, 2.75) is 38.3 Å². The smallest absolute Gasteiger partial charge is 0.287 e. The van der Waals surface area contributed by atoms with Crippen molar-refractivity contribution in [1.29, 1.82) is 0 Å². The van der Waals surface area contributed by atoms with Crippen molar-refractivity contribution < 1.29 is 18.3 Å². The van der Waals surface area contributed by atoms with E-state index in [0.29, 0.717) is 11.5 Å². The van der Waals surface area contributed by atoms with E-state index in [2.05, 4.69) is 5.32 Å². The number of carbonyl (C=O) groups excluding carboxylic acids is 1. The normalized spacial score (nSPS) is 14.9. The highest BCUT2D eigenvalue weighted by atomic mass is 35.5. The third-order valence-corrected chi connectivity index (χ3v) is 4.14. The summed E-state index contributed by atoms with van der Waals surface area (Å²) < 4.78 is 23.9. The number of rotatable bonds is 5. The van der Waals surface area contributed by atoms with Gasteiger partial charge >= 0.3 is 0 Å². The van der Waals surface area contributed by atoms with Crippen molar-refractivity contribution in [2.24, 2.45) is 0 Å². The first-order valence-electron chi connectivity index (χ1n) is 7.59. The molecule has 1 fully saturated rings. The van der Waals surface area contributed by atoms with Gasteiger partial charge in [0.15, 0.2) is 5.76 Å². The molecule has 1 amide bonds. The van der Waals surface area contributed by atoms with Gasteiger partial charge in [0.2, 0.25) is 0 Å². The molecule has 1 aliphatic rings. The molecule has 4 nitrogen and oxygen atoms in total. The summed E-state index contributed by atoms with van der Waals surface area (Å²) in [4.78, 5) is 12.1. The van der Waals surface area contributed by atoms with Crippen molar-refractivity contribution >= 4 is 17.5 Å². The third-order valence-electron chi connectivity index (χ3n) is 3.84. The maximum absolute atomic E-state index is 13.0. The van der Waals surface area contributed by atoms with E-state index < -0.39 is 5.82 Å². The molecular formula is C17H17ClFNO3. The SMILES string of the molecule is O=C(NC1CCCC1)c1ccc(COc2ccc(F)cc2Cl)o1. The van der Waals surface area contributed by atoms with Crippen LogP contribution in [0.4, 0.5) is 4.39 Å². The fraction of sp³-hybridized carbons (Fsp3) is 0.353. The highest BCUT2D eigenvalue weighted by molar-refractivity contribution is 6.32. The van der Waals surface area contributed by atoms with Crippen LogP contribution in [0.25, 0.3) is 0 Å². The summed E-state index contributed by atoms with van der Waals surface area (Å²) in [7, 11) is 0. The summed E-state index contributed by atoms with van der Waals surface area (Å²) in [6.45, 7) is 0.113. The lowest BCUT2D eigenvalue weighted by Crippen LogP contribution is -2.32. The predicted molar refractivity (Wildman–Crippen MR) is 84.2 cm³/mol. The molecule has 1 saturated carbocycles. The summed E-state index contributed by atoms with van der Waals surface area (Å²) in [5.41, 5.74) is 0. The zero-order chi connectivity index (χ0) is 16.2. The van der Waals surface area contributed by atoms with Gasteiger partial charge < -0.3 is 14.5 Å². The molecule has 1 aliphatic carbocycles. The average molecular weight is 338 g/mol. The number of hydrogen-bond donors (Lipinski definition) is 1. The van der Waals surface area contributed by atoms with Gasteiger partial charge in [0.25, 0.3) is 5.91 Å². The molecule has 0 spiro atoms. The molecule has 0 bridgehead atoms. The molecule has 0 atom stereocenters. The Labute approximate surface area is 138 Å². The number of benzene rings is 1. The van der Waals surface area contributed by atoms with Crippen LogP contribution in [0, 0.1) is 5.82 Å². The van der Waals surface area contributed by atoms with Gasteiger partial charge in [-0.3, -0.25) is 4.79 Å². The van der Waals surface area contributed by atoms with Crippen molar-refractivity contribution in [2.75, 3.05) is 0 Å². The number of ether oxygens (including phenoxy) is 1. The van der Waals surface area contributed by atoms with Crippen LogP contribution in [0.2, 0.25) is 5.02 Å². The molecule has 1 heterocycles. The van der Waals surface area contributed by atoms with E-state index in [9.17, 15) is 9.18 Å². The van der Waals surface area contributed by atoms with E-state index in [-0.39, 0.29) is 29.3 Å². The number of nitrogens with one attached hydrogen (secondary N) is 1. The first-order valence-corrected chi connectivity index (χ1v) is 7.97. The Kier molecular flexibility index (Phi) is 4.86. The standard InChI is InChI=1S/C17H17ClFNO3/c18-14-9-11(19)5-7-15(14)22-10-13-6-8-16(23-13)17(21)20-12-3-1-2-4-12/h5-9,12H,1-4,10H2,(H,20,21). The zero-order valence-electron chi connectivity index (χ0n) is 12.5. The minimum Gasteiger partial charge on any atom is -0.484 e. The van der Waals surface area contributed by atoms with E-state index in [1.165, 1.54) is 18.2 Å². The summed E-state index contributed by atoms with van der Waals surface area (Å²) in [6, 6.07) is 7.44. The number of halogens is 2. The van der Waals surface area contributed by atoms with Gasteiger partial charge in [-0.2, -0.15) is 0 Å². The maximum atomic E-state index is 13.0. The highest BCUT2D eigenvalue weighted by Gasteiger charge is 2.20. The third kappa shape index (κ3) is 4.05. The molecule has 23 heavy (non-hydrogen) atoms. The monoisotopic (exact) mass is 337 g/mol. The van der Waals surface area contributed by atoms with Crippen LogP contribution < -0.4 is 10.1 Å². The average Bonchev–Trinajstić information content (AvgIpc) is 3.17. The van der Waals surface area contributed by atoms with Crippen molar-refractivity contribution in [3.05, 3.63) is 52.7 Å². The molecule has 1 N–H and O–H groups in total. The van der Waals surface area contributed by atoms with Crippen molar-refractivity contribution in [3.63, 3.8) is 0 Å². The number of amides is 1. The highest BCUT2D eigenvalue weighted by Crippen LogP contribution is 2.26. The molecule has 0 saturated heterocycles. The van der Waals surface area contributed by atoms with Gasteiger partial charge in [0.05, 0.1) is 5.02 Å². The quantitative estimate of drug-likeness (QED) is 0.883. The lowest BCUT2D eigenvalue weighted by molar-refractivity contribution is 0.0905. The first-order chi connectivity index (χ1) is 11.1. The van der Waals surface area contributed by atoms with Gasteiger partial charge in [-0.15, -0.1) is 0 Å². The second kappa shape index (κ2) is 7.04. The first kappa shape index (κ1) is 15.9. The summed E-state index contributed by atoms with van der Waals surface area (Å²) >= 11 is 5.89. The fourth-order valence-corrected chi connectivity index (χ4v) is 2.87. The van der Waals surface area contributed by atoms with Crippen LogP contribution in [0.1, 0.15) is 42.0 Å². The second-order valence-electron chi connectivity index (χ2n) is 5.58. The van der Waals surface area contributed by atoms with Crippen molar-refractivity contribution in [1.82, 2.24) is 5.32 Å². The molecule has 2 aromatic rings. The molecule has 122 valence electrons. The Morgan fingerprint density at radius 1 is 1.30 bits per heavy atom. The summed E-state index contributed by atoms with van der Waals surface area (Å²) in [5, 5.41) is 3.15. The van der Waals surface area contributed by atoms with Crippen LogP contribution in [-0.2, 0) is 6.61 Å². The Bertz CT molecular complexity index is 695. The number of furan rings is 1. The van der Waals surface area contributed by atoms with Crippen LogP contribution in [-0.4, -0.2) is 11.9 Å². The number of hydrogen-bond acceptors (Lipinski definition) is 3. The molecular weight excluding hydrogens is 321 g/mol. The Balaban J connectivity index is 1.57. The lowest BCUT2D eigenvalue weighted by Gasteiger charge is -2.10. The van der Waals surface area contributed by atoms with Gasteiger partial charge in [0.1, 0.15) is 23.9 Å². The predicted octanol–water partition coefficient (Wildman–Crippen LogP) is 4.32. The topological polar surface area (TPSA) is 51.5 Å². The zero-order valence-corrected chi connectivity index (χ0v) is 13.2. The lowest BCUT2D eigenvalue weighted by atomic mass is 10.2. The Morgan fingerprint density at radius 2 is 2.09 bits per heavy atom. The van der Waals surface area contributed by atoms with E-state index >= 15 is 0 Å². The summed E-state index contributed by atoms with van der Waals surface area (Å²) in [6.07, 6.45) is 4.35. The van der Waals surface area contributed by atoms with Crippen molar-refractivity contribution in [3.8, 4) is 5.75 Å². The molecule has 1 aromatic carbocycles. The number of carbonyl (C=O) groups is 1. The molecule has 0 unspecified atom stereocenters. The molecule has 6 heteroatoms. The Hall–Kier alpha value is -2.01. The maximum Gasteiger partial charge on any atom is 0.287 e. The van der Waals surface area contributed by atoms with Gasteiger partial charge in [0, 0.05) is 6.04 Å². The van der Waals surface area contributed by atoms with E-state index in [0.717, 1.165) is 25.7 Å². The second-order valence-corrected chi connectivity index (χ2v) is 5.99. The van der Waals surface area contributed by atoms with Gasteiger partial charge in [-0.1, -0.05) is 24.4 Å². The van der Waals surface area contributed by atoms with E-state index in [1.807, 2.05) is 0 Å². The van der Waals surface area contributed by atoms with E-state index in [1.54, 1.807) is 12.1 Å². The fourth-order valence-electron chi connectivity index (χ4n) is 2.65. The van der Waals surface area contributed by atoms with Crippen LogP contribution in [0.15, 0.2) is 34.7 Å². The van der Waals surface area contributed by atoms with Gasteiger partial charge in [-0.05, 0) is 43.2 Å². The largest absolute Gasteiger partial charge is 0.484 e. The van der Waals surface area contributed by atoms with Crippen LogP contribution >= 0.6 is 11.6 Å². The molecule has 3 rings (SSSR count). The minimum atomic E-state index is -0.425. The minimum absolute atomic E-state index is 0.113. The molecule has 1 aromatic heterocycles. The molecule has 0 radical (unpaired) electrons. The van der Waals surface area contributed by atoms with E-state index in [4.69, 9.17) is 20.8 Å². The van der Waals surface area contributed by atoms with Gasteiger partial charge in [-0.25, -0.2) is 4.39 Å². The van der Waals surface area contributed by atoms with Crippen LogP contribution in [0.5, 0.6) is 5.75 Å². The summed E-state index contributed by atoms with van der Waals surface area (Å²) in [5.74, 6) is 0.498.